The van der Waals surface area contributed by atoms with E-state index in [1.54, 1.807) is 0 Å². The highest BCUT2D eigenvalue weighted by molar-refractivity contribution is 6.31. The molecule has 0 radical (unpaired) electrons. The van der Waals surface area contributed by atoms with Crippen molar-refractivity contribution in [3.8, 4) is 0 Å². The molecule has 106 valence electrons. The first-order valence-electron chi connectivity index (χ1n) is 7.54. The Bertz CT molecular complexity index is 414. The molecule has 1 aromatic rings. The van der Waals surface area contributed by atoms with Crippen molar-refractivity contribution < 1.29 is 0 Å². The van der Waals surface area contributed by atoms with Crippen LogP contribution < -0.4 is 5.32 Å². The van der Waals surface area contributed by atoms with Crippen molar-refractivity contribution in [2.24, 2.45) is 11.8 Å². The first-order chi connectivity index (χ1) is 9.08. The summed E-state index contributed by atoms with van der Waals surface area (Å²) in [5.41, 5.74) is 2.61. The fraction of sp³-hybridized carbons (Fsp3) is 0.647. The molecule has 0 saturated heterocycles. The number of benzene rings is 1. The topological polar surface area (TPSA) is 12.0 Å². The molecular weight excluding hydrogens is 254 g/mol. The molecule has 0 amide bonds. The molecule has 1 N–H and O–H groups in total. The predicted octanol–water partition coefficient (Wildman–Crippen LogP) is 4.78. The van der Waals surface area contributed by atoms with Gasteiger partial charge in [0.25, 0.3) is 0 Å². The minimum Gasteiger partial charge on any atom is -0.316 e. The van der Waals surface area contributed by atoms with Crippen LogP contribution in [0.15, 0.2) is 18.2 Å². The van der Waals surface area contributed by atoms with Crippen molar-refractivity contribution >= 4 is 11.6 Å². The highest BCUT2D eigenvalue weighted by Gasteiger charge is 2.28. The van der Waals surface area contributed by atoms with Crippen LogP contribution in [0.4, 0.5) is 0 Å². The third-order valence-electron chi connectivity index (χ3n) is 4.24. The summed E-state index contributed by atoms with van der Waals surface area (Å²) in [5, 5.41) is 4.53. The van der Waals surface area contributed by atoms with Crippen molar-refractivity contribution in [2.45, 2.75) is 46.0 Å². The Balaban J connectivity index is 1.99. The highest BCUT2D eigenvalue weighted by atomic mass is 35.5. The zero-order valence-corrected chi connectivity index (χ0v) is 13.1. The molecule has 2 atom stereocenters. The third kappa shape index (κ3) is 3.97. The van der Waals surface area contributed by atoms with E-state index in [4.69, 9.17) is 11.6 Å². The van der Waals surface area contributed by atoms with Crippen molar-refractivity contribution in [2.75, 3.05) is 13.1 Å². The molecule has 0 aliphatic heterocycles. The molecule has 2 heteroatoms. The van der Waals surface area contributed by atoms with Crippen molar-refractivity contribution in [1.82, 2.24) is 5.32 Å². The summed E-state index contributed by atoms with van der Waals surface area (Å²) < 4.78 is 0. The lowest BCUT2D eigenvalue weighted by atomic mass is 9.88. The van der Waals surface area contributed by atoms with Gasteiger partial charge in [0.05, 0.1) is 0 Å². The summed E-state index contributed by atoms with van der Waals surface area (Å²) >= 11 is 6.27. The highest BCUT2D eigenvalue weighted by Crippen LogP contribution is 2.40. The monoisotopic (exact) mass is 279 g/mol. The average Bonchev–Trinajstić information content (AvgIpc) is 2.80. The van der Waals surface area contributed by atoms with E-state index in [0.29, 0.717) is 5.92 Å². The van der Waals surface area contributed by atoms with Gasteiger partial charge in [-0.15, -0.1) is 0 Å². The number of hydrogen-bond donors (Lipinski definition) is 1. The number of halogens is 1. The minimum absolute atomic E-state index is 0.692. The number of hydrogen-bond acceptors (Lipinski definition) is 1. The van der Waals surface area contributed by atoms with Crippen LogP contribution in [-0.4, -0.2) is 13.1 Å². The molecule has 0 bridgehead atoms. The second-order valence-corrected chi connectivity index (χ2v) is 6.77. The predicted molar refractivity (Wildman–Crippen MR) is 84.0 cm³/mol. The second kappa shape index (κ2) is 6.76. The number of nitrogens with one attached hydrogen (secondary N) is 1. The molecule has 1 aromatic carbocycles. The summed E-state index contributed by atoms with van der Waals surface area (Å²) in [6.45, 7) is 8.87. The Hall–Kier alpha value is -0.530. The molecule has 0 heterocycles. The summed E-state index contributed by atoms with van der Waals surface area (Å²) in [5.74, 6) is 2.20. The Morgan fingerprint density at radius 1 is 1.32 bits per heavy atom. The fourth-order valence-electron chi connectivity index (χ4n) is 3.12. The lowest BCUT2D eigenvalue weighted by Gasteiger charge is -2.21. The summed E-state index contributed by atoms with van der Waals surface area (Å²) in [7, 11) is 0. The van der Waals surface area contributed by atoms with Gasteiger partial charge in [0.1, 0.15) is 0 Å². The van der Waals surface area contributed by atoms with Crippen LogP contribution in [0.2, 0.25) is 5.02 Å². The molecule has 2 rings (SSSR count). The van der Waals surface area contributed by atoms with E-state index in [1.807, 2.05) is 0 Å². The smallest absolute Gasteiger partial charge is 0.0438 e. The standard InChI is InChI=1S/C17H26ClN/c1-12(2)10-19-11-15-5-4-6-16(15)14-8-7-13(3)17(18)9-14/h7-9,12,15-16,19H,4-6,10-11H2,1-3H3. The zero-order valence-electron chi connectivity index (χ0n) is 12.4. The first kappa shape index (κ1) is 14.9. The van der Waals surface area contributed by atoms with Crippen molar-refractivity contribution in [1.29, 1.82) is 0 Å². The van der Waals surface area contributed by atoms with E-state index in [9.17, 15) is 0 Å². The maximum Gasteiger partial charge on any atom is 0.0438 e. The van der Waals surface area contributed by atoms with Gasteiger partial charge in [0.15, 0.2) is 0 Å². The maximum atomic E-state index is 6.27. The lowest BCUT2D eigenvalue weighted by Crippen LogP contribution is -2.27. The molecular formula is C17H26ClN. The van der Waals surface area contributed by atoms with Crippen LogP contribution in [0.5, 0.6) is 0 Å². The molecule has 0 aromatic heterocycles. The Morgan fingerprint density at radius 3 is 2.79 bits per heavy atom. The van der Waals surface area contributed by atoms with Crippen LogP contribution in [0, 0.1) is 18.8 Å². The van der Waals surface area contributed by atoms with Gasteiger partial charge in [-0.25, -0.2) is 0 Å². The molecule has 1 aliphatic carbocycles. The van der Waals surface area contributed by atoms with Crippen LogP contribution in [0.3, 0.4) is 0 Å². The molecule has 1 fully saturated rings. The van der Waals surface area contributed by atoms with Gasteiger partial charge in [0, 0.05) is 5.02 Å². The van der Waals surface area contributed by atoms with E-state index in [2.05, 4.69) is 44.3 Å². The van der Waals surface area contributed by atoms with Gasteiger partial charge < -0.3 is 5.32 Å². The summed E-state index contributed by atoms with van der Waals surface area (Å²) in [6.07, 6.45) is 4.01. The number of aryl methyl sites for hydroxylation is 1. The van der Waals surface area contributed by atoms with E-state index < -0.39 is 0 Å². The summed E-state index contributed by atoms with van der Waals surface area (Å²) in [4.78, 5) is 0. The Labute approximate surface area is 122 Å². The fourth-order valence-corrected chi connectivity index (χ4v) is 3.31. The SMILES string of the molecule is Cc1ccc(C2CCCC2CNCC(C)C)cc1Cl. The second-order valence-electron chi connectivity index (χ2n) is 6.36. The summed E-state index contributed by atoms with van der Waals surface area (Å²) in [6, 6.07) is 6.61. The molecule has 19 heavy (non-hydrogen) atoms. The van der Waals surface area contributed by atoms with Crippen LogP contribution in [-0.2, 0) is 0 Å². The largest absolute Gasteiger partial charge is 0.316 e. The third-order valence-corrected chi connectivity index (χ3v) is 4.65. The molecule has 1 saturated carbocycles. The quantitative estimate of drug-likeness (QED) is 0.818. The first-order valence-corrected chi connectivity index (χ1v) is 7.92. The van der Waals surface area contributed by atoms with E-state index in [1.165, 1.54) is 30.4 Å². The van der Waals surface area contributed by atoms with Gasteiger partial charge in [-0.3, -0.25) is 0 Å². The van der Waals surface area contributed by atoms with Gasteiger partial charge in [0.2, 0.25) is 0 Å². The van der Waals surface area contributed by atoms with Gasteiger partial charge in [-0.05, 0) is 67.8 Å². The molecule has 1 nitrogen and oxygen atoms in total. The van der Waals surface area contributed by atoms with Gasteiger partial charge in [-0.2, -0.15) is 0 Å². The number of rotatable bonds is 5. The maximum absolute atomic E-state index is 6.27. The average molecular weight is 280 g/mol. The van der Waals surface area contributed by atoms with E-state index in [-0.39, 0.29) is 0 Å². The normalized spacial score (nSPS) is 23.2. The Kier molecular flexibility index (Phi) is 5.29. The molecule has 0 spiro atoms. The van der Waals surface area contributed by atoms with Crippen molar-refractivity contribution in [3.63, 3.8) is 0 Å². The Morgan fingerprint density at radius 2 is 2.11 bits per heavy atom. The lowest BCUT2D eigenvalue weighted by molar-refractivity contribution is 0.425. The molecule has 1 aliphatic rings. The zero-order chi connectivity index (χ0) is 13.8. The van der Waals surface area contributed by atoms with E-state index >= 15 is 0 Å². The van der Waals surface area contributed by atoms with Crippen LogP contribution >= 0.6 is 11.6 Å². The minimum atomic E-state index is 0.692. The molecule has 2 unspecified atom stereocenters. The van der Waals surface area contributed by atoms with Crippen LogP contribution in [0.25, 0.3) is 0 Å². The van der Waals surface area contributed by atoms with Gasteiger partial charge >= 0.3 is 0 Å². The van der Waals surface area contributed by atoms with E-state index in [0.717, 1.165) is 29.9 Å². The van der Waals surface area contributed by atoms with Crippen molar-refractivity contribution in [3.05, 3.63) is 34.3 Å². The van der Waals surface area contributed by atoms with Gasteiger partial charge in [-0.1, -0.05) is 44.0 Å². The van der Waals surface area contributed by atoms with Crippen LogP contribution in [0.1, 0.15) is 50.2 Å².